The van der Waals surface area contributed by atoms with Crippen LogP contribution in [0.25, 0.3) is 0 Å². The summed E-state index contributed by atoms with van der Waals surface area (Å²) in [6.07, 6.45) is 10.9. The van der Waals surface area contributed by atoms with Gasteiger partial charge in [-0.05, 0) is 57.3 Å². The predicted molar refractivity (Wildman–Crippen MR) is 197 cm³/mol. The van der Waals surface area contributed by atoms with Crippen LogP contribution in [0.15, 0.2) is 0 Å². The summed E-state index contributed by atoms with van der Waals surface area (Å²) >= 11 is 6.88. The van der Waals surface area contributed by atoms with Crippen molar-refractivity contribution in [3.63, 3.8) is 0 Å². The molecule has 1 aliphatic carbocycles. The summed E-state index contributed by atoms with van der Waals surface area (Å²) in [5.41, 5.74) is 4.97. The third-order valence-corrected chi connectivity index (χ3v) is 9.19. The fourth-order valence-electron chi connectivity index (χ4n) is 4.25. The minimum Gasteiger partial charge on any atom is -0.447 e. The number of unbranched alkanes of at least 4 members (excludes halogenated alkanes) is 3. The molecule has 0 spiro atoms. The number of halogens is 2. The second-order valence-electron chi connectivity index (χ2n) is 12.1. The Bertz CT molecular complexity index is 854. The van der Waals surface area contributed by atoms with Crippen LogP contribution in [0.3, 0.4) is 0 Å². The summed E-state index contributed by atoms with van der Waals surface area (Å²) in [6, 6.07) is -1.28. The highest BCUT2D eigenvalue weighted by Gasteiger charge is 2.31. The summed E-state index contributed by atoms with van der Waals surface area (Å²) in [7, 11) is 0. The number of carbonyl (C=O) groups is 5. The molecule has 1 rings (SSSR count). The normalized spacial score (nSPS) is 15.8. The van der Waals surface area contributed by atoms with Gasteiger partial charge in [-0.1, -0.05) is 139 Å². The van der Waals surface area contributed by atoms with Gasteiger partial charge in [0.25, 0.3) is 5.91 Å². The number of nitrogens with two attached hydrogens (primary N) is 1. The lowest BCUT2D eigenvalue weighted by atomic mass is 9.90. The highest BCUT2D eigenvalue weighted by molar-refractivity contribution is 9.24. The molecule has 46 heavy (non-hydrogen) atoms. The Morgan fingerprint density at radius 1 is 0.848 bits per heavy atom. The first-order chi connectivity index (χ1) is 21.6. The van der Waals surface area contributed by atoms with Crippen molar-refractivity contribution in [3.05, 3.63) is 0 Å². The number of carbonyl (C=O) groups excluding carboxylic acids is 5. The summed E-state index contributed by atoms with van der Waals surface area (Å²) in [6.45, 7) is 21.4. The van der Waals surface area contributed by atoms with Crippen LogP contribution in [0.1, 0.15) is 147 Å². The number of hydrogen-bond donors (Lipinski definition) is 3. The van der Waals surface area contributed by atoms with Crippen molar-refractivity contribution in [1.29, 1.82) is 0 Å². The first kappa shape index (κ1) is 48.9. The number of hydrogen-bond acceptors (Lipinski definition) is 6. The van der Waals surface area contributed by atoms with Crippen molar-refractivity contribution in [2.45, 2.75) is 169 Å². The van der Waals surface area contributed by atoms with E-state index < -0.39 is 29.9 Å². The van der Waals surface area contributed by atoms with Gasteiger partial charge in [0.15, 0.2) is 5.78 Å². The lowest BCUT2D eigenvalue weighted by Gasteiger charge is -2.26. The fourth-order valence-corrected chi connectivity index (χ4v) is 5.69. The predicted octanol–water partition coefficient (Wildman–Crippen LogP) is 8.62. The number of ether oxygens (including phenoxy) is 1. The van der Waals surface area contributed by atoms with Crippen LogP contribution in [0.2, 0.25) is 0 Å². The first-order valence-electron chi connectivity index (χ1n) is 17.5. The molecule has 4 N–H and O–H groups in total. The van der Waals surface area contributed by atoms with E-state index in [4.69, 9.17) is 10.5 Å². The van der Waals surface area contributed by atoms with E-state index in [2.05, 4.69) is 56.3 Å². The average Bonchev–Trinajstić information content (AvgIpc) is 3.81. The zero-order valence-electron chi connectivity index (χ0n) is 30.7. The molecule has 0 aromatic heterocycles. The number of rotatable bonds is 19. The highest BCUT2D eigenvalue weighted by atomic mass is 79.9. The number of nitrogens with one attached hydrogen (secondary N) is 2. The third kappa shape index (κ3) is 24.7. The minimum atomic E-state index is -1.02. The van der Waals surface area contributed by atoms with Crippen LogP contribution in [0.4, 0.5) is 4.79 Å². The third-order valence-electron chi connectivity index (χ3n) is 7.83. The maximum atomic E-state index is 12.2. The Labute approximate surface area is 297 Å². The van der Waals surface area contributed by atoms with Crippen molar-refractivity contribution in [1.82, 2.24) is 10.6 Å². The summed E-state index contributed by atoms with van der Waals surface area (Å²) in [5, 5.41) is 5.32. The van der Waals surface area contributed by atoms with Gasteiger partial charge in [-0.25, -0.2) is 4.79 Å². The molecule has 0 aromatic rings. The van der Waals surface area contributed by atoms with E-state index in [1.165, 1.54) is 39.0 Å². The molecule has 0 saturated heterocycles. The van der Waals surface area contributed by atoms with E-state index in [1.807, 2.05) is 48.5 Å². The molecule has 0 aromatic carbocycles. The largest absolute Gasteiger partial charge is 0.447 e. The number of Topliss-reactive ketones (excluding diaryl/α,β-unsaturated/α-hetero) is 2. The van der Waals surface area contributed by atoms with Crippen molar-refractivity contribution >= 4 is 61.3 Å². The van der Waals surface area contributed by atoms with Gasteiger partial charge in [-0.15, -0.1) is 0 Å². The second-order valence-corrected chi connectivity index (χ2v) is 15.3. The maximum Gasteiger partial charge on any atom is 0.407 e. The monoisotopic (exact) mass is 783 g/mol. The van der Waals surface area contributed by atoms with Gasteiger partial charge in [0, 0.05) is 5.92 Å². The molecule has 1 saturated carbocycles. The zero-order chi connectivity index (χ0) is 36.4. The Hall–Kier alpha value is -1.49. The second kappa shape index (κ2) is 29.6. The van der Waals surface area contributed by atoms with Crippen LogP contribution < -0.4 is 16.4 Å². The summed E-state index contributed by atoms with van der Waals surface area (Å²) < 4.78 is 5.19. The SMILES string of the molecule is CC.CC1CC1.CCCC(C(Br)Br)C(C)C(=O)NC(CC)C(=O)C(N)=O.CCCCCCC(C)C(NC(=O)OC(C)CC)C(C)=O. The smallest absolute Gasteiger partial charge is 0.407 e. The molecule has 0 heterocycles. The molecular weight excluding hydrogens is 718 g/mol. The summed E-state index contributed by atoms with van der Waals surface area (Å²) in [4.78, 5) is 58.1. The molecule has 9 nitrogen and oxygen atoms in total. The molecule has 0 radical (unpaired) electrons. The lowest BCUT2D eigenvalue weighted by Crippen LogP contribution is -2.48. The van der Waals surface area contributed by atoms with Crippen molar-refractivity contribution in [3.8, 4) is 0 Å². The molecule has 11 heteroatoms. The fraction of sp³-hybridized carbons (Fsp3) is 0.857. The number of amides is 3. The summed E-state index contributed by atoms with van der Waals surface area (Å²) in [5.74, 6) is -0.977. The quantitative estimate of drug-likeness (QED) is 0.0680. The maximum absolute atomic E-state index is 12.2. The van der Waals surface area contributed by atoms with E-state index >= 15 is 0 Å². The molecule has 272 valence electrons. The van der Waals surface area contributed by atoms with Gasteiger partial charge in [-0.2, -0.15) is 0 Å². The van der Waals surface area contributed by atoms with Crippen molar-refractivity contribution < 1.29 is 28.7 Å². The number of ketones is 2. The number of primary amides is 1. The molecular formula is C35H67Br2N3O6. The van der Waals surface area contributed by atoms with Crippen molar-refractivity contribution in [2.24, 2.45) is 29.4 Å². The molecule has 1 fully saturated rings. The van der Waals surface area contributed by atoms with E-state index in [0.717, 1.165) is 38.0 Å². The van der Waals surface area contributed by atoms with E-state index in [0.29, 0.717) is 6.42 Å². The topological polar surface area (TPSA) is 145 Å². The van der Waals surface area contributed by atoms with Crippen LogP contribution in [0, 0.1) is 23.7 Å². The molecule has 6 atom stereocenters. The Morgan fingerprint density at radius 2 is 1.39 bits per heavy atom. The lowest BCUT2D eigenvalue weighted by molar-refractivity contribution is -0.139. The van der Waals surface area contributed by atoms with Gasteiger partial charge in [0.05, 0.1) is 15.8 Å². The molecule has 0 bridgehead atoms. The first-order valence-corrected chi connectivity index (χ1v) is 19.3. The van der Waals surface area contributed by atoms with Crippen molar-refractivity contribution in [2.75, 3.05) is 0 Å². The average molecular weight is 786 g/mol. The van der Waals surface area contributed by atoms with Crippen LogP contribution in [-0.4, -0.2) is 51.4 Å². The van der Waals surface area contributed by atoms with Gasteiger partial charge >= 0.3 is 6.09 Å². The van der Waals surface area contributed by atoms with E-state index in [1.54, 1.807) is 6.92 Å². The Morgan fingerprint density at radius 3 is 1.76 bits per heavy atom. The van der Waals surface area contributed by atoms with Gasteiger partial charge in [-0.3, -0.25) is 19.2 Å². The molecule has 3 amide bonds. The Balaban J connectivity index is -0.000000679. The molecule has 1 aliphatic rings. The van der Waals surface area contributed by atoms with Gasteiger partial charge in [0.2, 0.25) is 11.7 Å². The van der Waals surface area contributed by atoms with Crippen LogP contribution in [-0.2, 0) is 23.9 Å². The van der Waals surface area contributed by atoms with Crippen LogP contribution in [0.5, 0.6) is 0 Å². The van der Waals surface area contributed by atoms with Gasteiger partial charge < -0.3 is 21.1 Å². The zero-order valence-corrected chi connectivity index (χ0v) is 33.9. The molecule has 0 aliphatic heterocycles. The molecule has 6 unspecified atom stereocenters. The number of alkyl carbamates (subject to hydrolysis) is 1. The van der Waals surface area contributed by atoms with Crippen LogP contribution >= 0.6 is 31.9 Å². The van der Waals surface area contributed by atoms with E-state index in [-0.39, 0.29) is 39.3 Å². The number of alkyl halides is 2. The Kier molecular flexibility index (Phi) is 31.5. The minimum absolute atomic E-state index is 0.00547. The standard InChI is InChI=1S/C16H31NO3.C13H22Br2N2O3.C4H8.C2H6/c1-6-8-9-10-11-12(3)15(14(5)18)17-16(19)20-13(4)7-2;1-4-6-8(11(14)15)7(3)13(20)17-9(5-2)10(18)12(16)19;1-4-2-3-4;1-2/h12-13,15H,6-11H2,1-5H3,(H,17,19);7-9,11H,4-6H2,1-3H3,(H2,16,19)(H,17,20);4H,2-3H2,1H3;1-2H3. The highest BCUT2D eigenvalue weighted by Crippen LogP contribution is 2.31. The van der Waals surface area contributed by atoms with E-state index in [9.17, 15) is 24.0 Å². The van der Waals surface area contributed by atoms with Gasteiger partial charge in [0.1, 0.15) is 6.10 Å².